The Morgan fingerprint density at radius 2 is 1.83 bits per heavy atom. The van der Waals surface area contributed by atoms with Crippen molar-refractivity contribution < 1.29 is 22.4 Å². The van der Waals surface area contributed by atoms with E-state index < -0.39 is 22.7 Å². The third-order valence-corrected chi connectivity index (χ3v) is 4.20. The van der Waals surface area contributed by atoms with Gasteiger partial charge in [-0.2, -0.15) is 18.4 Å². The Hall–Kier alpha value is -3.50. The smallest absolute Gasteiger partial charge is 0.417 e. The second kappa shape index (κ2) is 8.25. The molecule has 4 nitrogen and oxygen atoms in total. The van der Waals surface area contributed by atoms with Gasteiger partial charge in [0.25, 0.3) is 5.91 Å². The largest absolute Gasteiger partial charge is 0.457 e. The molecule has 1 amide bonds. The third kappa shape index (κ3) is 4.86. The van der Waals surface area contributed by atoms with Gasteiger partial charge in [0, 0.05) is 17.3 Å². The molecule has 0 aliphatic carbocycles. The van der Waals surface area contributed by atoms with Crippen LogP contribution in [0, 0.1) is 11.3 Å². The molecule has 0 unspecified atom stereocenters. The van der Waals surface area contributed by atoms with E-state index in [1.807, 2.05) is 30.3 Å². The summed E-state index contributed by atoms with van der Waals surface area (Å²) in [5.41, 5.74) is -0.742. The number of rotatable bonds is 4. The minimum Gasteiger partial charge on any atom is -0.457 e. The van der Waals surface area contributed by atoms with Crippen LogP contribution in [0.5, 0.6) is 0 Å². The van der Waals surface area contributed by atoms with E-state index in [1.165, 1.54) is 12.1 Å². The van der Waals surface area contributed by atoms with Crippen LogP contribution in [0.2, 0.25) is 5.02 Å². The Morgan fingerprint density at radius 1 is 1.10 bits per heavy atom. The molecule has 0 radical (unpaired) electrons. The van der Waals surface area contributed by atoms with Crippen LogP contribution in [0.4, 0.5) is 18.9 Å². The number of anilines is 1. The number of carbonyl (C=O) groups excluding carboxylic acids is 1. The van der Waals surface area contributed by atoms with Gasteiger partial charge in [-0.25, -0.2) is 0 Å². The van der Waals surface area contributed by atoms with Crippen molar-refractivity contribution >= 4 is 29.3 Å². The van der Waals surface area contributed by atoms with E-state index in [9.17, 15) is 23.2 Å². The number of halogens is 4. The molecule has 0 spiro atoms. The molecule has 146 valence electrons. The van der Waals surface area contributed by atoms with Crippen LogP contribution in [-0.4, -0.2) is 5.91 Å². The minimum atomic E-state index is -4.67. The summed E-state index contributed by atoms with van der Waals surface area (Å²) >= 11 is 5.56. The predicted octanol–water partition coefficient (Wildman–Crippen LogP) is 6.16. The van der Waals surface area contributed by atoms with Crippen LogP contribution in [0.25, 0.3) is 17.4 Å². The van der Waals surface area contributed by atoms with E-state index in [4.69, 9.17) is 16.0 Å². The molecule has 0 aliphatic heterocycles. The highest BCUT2D eigenvalue weighted by Gasteiger charge is 2.33. The number of carbonyl (C=O) groups is 1. The van der Waals surface area contributed by atoms with Crippen molar-refractivity contribution in [3.05, 3.63) is 82.6 Å². The van der Waals surface area contributed by atoms with Crippen molar-refractivity contribution in [2.45, 2.75) is 6.18 Å². The third-order valence-electron chi connectivity index (χ3n) is 3.87. The molecule has 0 aliphatic rings. The summed E-state index contributed by atoms with van der Waals surface area (Å²) in [6, 6.07) is 17.1. The van der Waals surface area contributed by atoms with E-state index in [0.29, 0.717) is 11.8 Å². The fourth-order valence-corrected chi connectivity index (χ4v) is 2.72. The van der Waals surface area contributed by atoms with Gasteiger partial charge in [-0.1, -0.05) is 41.9 Å². The lowest BCUT2D eigenvalue weighted by atomic mass is 10.1. The van der Waals surface area contributed by atoms with Crippen molar-refractivity contribution in [1.82, 2.24) is 0 Å². The summed E-state index contributed by atoms with van der Waals surface area (Å²) < 4.78 is 44.5. The molecule has 0 bridgehead atoms. The minimum absolute atomic E-state index is 0.141. The molecule has 1 aromatic heterocycles. The number of nitrogens with zero attached hydrogens (tertiary/aromatic N) is 1. The van der Waals surface area contributed by atoms with E-state index in [1.54, 1.807) is 18.2 Å². The van der Waals surface area contributed by atoms with Crippen LogP contribution in [0.15, 0.2) is 70.7 Å². The first-order chi connectivity index (χ1) is 13.8. The first kappa shape index (κ1) is 20.2. The molecule has 0 saturated carbocycles. The number of furan rings is 1. The Kier molecular flexibility index (Phi) is 5.76. The monoisotopic (exact) mass is 416 g/mol. The van der Waals surface area contributed by atoms with Gasteiger partial charge in [0.1, 0.15) is 23.2 Å². The maximum atomic E-state index is 12.9. The fraction of sp³-hybridized carbons (Fsp3) is 0.0476. The van der Waals surface area contributed by atoms with Crippen LogP contribution >= 0.6 is 11.6 Å². The highest BCUT2D eigenvalue weighted by molar-refractivity contribution is 6.31. The first-order valence-electron chi connectivity index (χ1n) is 8.23. The molecule has 0 atom stereocenters. The van der Waals surface area contributed by atoms with Gasteiger partial charge < -0.3 is 9.73 Å². The van der Waals surface area contributed by atoms with E-state index in [-0.39, 0.29) is 17.0 Å². The van der Waals surface area contributed by atoms with Crippen LogP contribution in [0.1, 0.15) is 11.3 Å². The van der Waals surface area contributed by atoms with Crippen LogP contribution in [0.3, 0.4) is 0 Å². The summed E-state index contributed by atoms with van der Waals surface area (Å²) in [4.78, 5) is 12.3. The average Bonchev–Trinajstić information content (AvgIpc) is 3.16. The molecule has 8 heteroatoms. The second-order valence-corrected chi connectivity index (χ2v) is 6.29. The second-order valence-electron chi connectivity index (χ2n) is 5.88. The van der Waals surface area contributed by atoms with Crippen molar-refractivity contribution in [1.29, 1.82) is 5.26 Å². The van der Waals surface area contributed by atoms with Crippen LogP contribution < -0.4 is 5.32 Å². The molecule has 3 rings (SSSR count). The zero-order valence-electron chi connectivity index (χ0n) is 14.6. The SMILES string of the molecule is N#CC(=Cc1ccc(-c2ccccc2)o1)C(=O)Nc1ccc(Cl)c(C(F)(F)F)c1. The Bertz CT molecular complexity index is 1110. The first-order valence-corrected chi connectivity index (χ1v) is 8.61. The van der Waals surface area contributed by atoms with E-state index in [0.717, 1.165) is 11.6 Å². The van der Waals surface area contributed by atoms with Gasteiger partial charge in [-0.05, 0) is 30.3 Å². The number of hydrogen-bond donors (Lipinski definition) is 1. The molecular formula is C21H12ClF3N2O2. The maximum Gasteiger partial charge on any atom is 0.417 e. The predicted molar refractivity (Wildman–Crippen MR) is 103 cm³/mol. The number of nitriles is 1. The lowest BCUT2D eigenvalue weighted by Gasteiger charge is -2.11. The molecule has 0 fully saturated rings. The molecule has 2 aromatic carbocycles. The highest BCUT2D eigenvalue weighted by atomic mass is 35.5. The van der Waals surface area contributed by atoms with E-state index in [2.05, 4.69) is 5.32 Å². The molecular weight excluding hydrogens is 405 g/mol. The van der Waals surface area contributed by atoms with Crippen molar-refractivity contribution in [3.8, 4) is 17.4 Å². The zero-order chi connectivity index (χ0) is 21.0. The normalized spacial score (nSPS) is 11.8. The molecule has 1 heterocycles. The standard InChI is InChI=1S/C21H12ClF3N2O2/c22-18-8-6-15(11-17(18)21(23,24)25)27-20(28)14(12-26)10-16-7-9-19(29-16)13-4-2-1-3-5-13/h1-11H,(H,27,28). The molecule has 0 saturated heterocycles. The number of benzene rings is 2. The topological polar surface area (TPSA) is 66.0 Å². The van der Waals surface area contributed by atoms with Gasteiger partial charge in [0.2, 0.25) is 0 Å². The quantitative estimate of drug-likeness (QED) is 0.409. The number of nitrogens with one attached hydrogen (secondary N) is 1. The summed E-state index contributed by atoms with van der Waals surface area (Å²) in [6.07, 6.45) is -3.46. The van der Waals surface area contributed by atoms with Gasteiger partial charge in [0.05, 0.1) is 10.6 Å². The Balaban J connectivity index is 1.81. The summed E-state index contributed by atoms with van der Waals surface area (Å²) in [7, 11) is 0. The lowest BCUT2D eigenvalue weighted by Crippen LogP contribution is -2.14. The number of alkyl halides is 3. The van der Waals surface area contributed by atoms with Crippen LogP contribution in [-0.2, 0) is 11.0 Å². The Labute approximate surface area is 168 Å². The summed E-state index contributed by atoms with van der Waals surface area (Å²) in [5.74, 6) is -0.0784. The van der Waals surface area contributed by atoms with Crippen molar-refractivity contribution in [2.75, 3.05) is 5.32 Å². The maximum absolute atomic E-state index is 12.9. The van der Waals surface area contributed by atoms with Gasteiger partial charge in [-0.15, -0.1) is 0 Å². The lowest BCUT2D eigenvalue weighted by molar-refractivity contribution is -0.137. The summed E-state index contributed by atoms with van der Waals surface area (Å²) in [5, 5.41) is 11.0. The zero-order valence-corrected chi connectivity index (χ0v) is 15.4. The van der Waals surface area contributed by atoms with E-state index >= 15 is 0 Å². The van der Waals surface area contributed by atoms with Gasteiger partial charge >= 0.3 is 6.18 Å². The number of amides is 1. The molecule has 1 N–H and O–H groups in total. The van der Waals surface area contributed by atoms with Gasteiger partial charge in [-0.3, -0.25) is 4.79 Å². The Morgan fingerprint density at radius 3 is 2.48 bits per heavy atom. The molecule has 29 heavy (non-hydrogen) atoms. The summed E-state index contributed by atoms with van der Waals surface area (Å²) in [6.45, 7) is 0. The van der Waals surface area contributed by atoms with Crippen molar-refractivity contribution in [3.63, 3.8) is 0 Å². The average molecular weight is 417 g/mol. The highest BCUT2D eigenvalue weighted by Crippen LogP contribution is 2.36. The number of hydrogen-bond acceptors (Lipinski definition) is 3. The fourth-order valence-electron chi connectivity index (χ4n) is 2.50. The molecule has 3 aromatic rings. The van der Waals surface area contributed by atoms with Crippen molar-refractivity contribution in [2.24, 2.45) is 0 Å². The van der Waals surface area contributed by atoms with Gasteiger partial charge in [0.15, 0.2) is 0 Å².